The van der Waals surface area contributed by atoms with Crippen LogP contribution in [0, 0.1) is 6.92 Å². The fourth-order valence-electron chi connectivity index (χ4n) is 0.374. The van der Waals surface area contributed by atoms with E-state index < -0.39 is 12.1 Å². The summed E-state index contributed by atoms with van der Waals surface area (Å²) in [4.78, 5) is 16.6. The van der Waals surface area contributed by atoms with E-state index in [1.54, 1.807) is 18.6 Å². The molecule has 0 fully saturated rings. The summed E-state index contributed by atoms with van der Waals surface area (Å²) in [6, 6.07) is 0. The smallest absolute Gasteiger partial charge is 0.475 e. The Balaban J connectivity index is 0.000000241. The van der Waals surface area contributed by atoms with Crippen molar-refractivity contribution in [1.82, 2.24) is 9.97 Å². The third kappa shape index (κ3) is 5.92. The molecule has 0 aliphatic heterocycles. The molecule has 1 N–H and O–H groups in total. The van der Waals surface area contributed by atoms with Crippen LogP contribution in [0.25, 0.3) is 0 Å². The van der Waals surface area contributed by atoms with Crippen molar-refractivity contribution in [3.05, 3.63) is 24.3 Å². The van der Waals surface area contributed by atoms with Gasteiger partial charge in [-0.25, -0.2) is 4.79 Å². The molecule has 1 aromatic heterocycles. The van der Waals surface area contributed by atoms with Crippen LogP contribution in [0.4, 0.5) is 13.2 Å². The molecule has 0 radical (unpaired) electrons. The lowest BCUT2D eigenvalue weighted by Crippen LogP contribution is -2.21. The summed E-state index contributed by atoms with van der Waals surface area (Å²) in [5.41, 5.74) is 0.961. The highest BCUT2D eigenvalue weighted by Gasteiger charge is 2.38. The van der Waals surface area contributed by atoms with Crippen LogP contribution in [0.3, 0.4) is 0 Å². The molecule has 0 unspecified atom stereocenters. The summed E-state index contributed by atoms with van der Waals surface area (Å²) in [6.07, 6.45) is -0.0255. The van der Waals surface area contributed by atoms with E-state index in [9.17, 15) is 13.2 Å². The minimum atomic E-state index is -5.08. The largest absolute Gasteiger partial charge is 0.490 e. The fourth-order valence-corrected chi connectivity index (χ4v) is 0.374. The Kier molecular flexibility index (Phi) is 4.54. The van der Waals surface area contributed by atoms with Crippen LogP contribution in [0.1, 0.15) is 5.69 Å². The van der Waals surface area contributed by atoms with Crippen molar-refractivity contribution in [1.29, 1.82) is 0 Å². The lowest BCUT2D eigenvalue weighted by Gasteiger charge is -1.93. The second-order valence-corrected chi connectivity index (χ2v) is 2.15. The first-order chi connectivity index (χ1) is 6.34. The van der Waals surface area contributed by atoms with Crippen LogP contribution < -0.4 is 0 Å². The molecule has 1 rings (SSSR count). The van der Waals surface area contributed by atoms with Gasteiger partial charge in [-0.3, -0.25) is 9.97 Å². The highest BCUT2D eigenvalue weighted by molar-refractivity contribution is 5.73. The molecule has 0 amide bonds. The van der Waals surface area contributed by atoms with Gasteiger partial charge in [0, 0.05) is 18.6 Å². The van der Waals surface area contributed by atoms with Crippen LogP contribution in [-0.2, 0) is 4.79 Å². The molecule has 0 aromatic carbocycles. The zero-order valence-electron chi connectivity index (χ0n) is 7.12. The molecule has 0 aliphatic rings. The SMILES string of the molecule is Cc1cnccn1.O=C(O)C(F)(F)F. The first-order valence-corrected chi connectivity index (χ1v) is 3.36. The number of carboxylic acids is 1. The van der Waals surface area contributed by atoms with E-state index in [4.69, 9.17) is 9.90 Å². The lowest BCUT2D eigenvalue weighted by molar-refractivity contribution is -0.192. The van der Waals surface area contributed by atoms with Gasteiger partial charge in [-0.2, -0.15) is 13.2 Å². The third-order valence-electron chi connectivity index (χ3n) is 0.935. The van der Waals surface area contributed by atoms with Crippen molar-refractivity contribution in [2.45, 2.75) is 13.1 Å². The average molecular weight is 208 g/mol. The summed E-state index contributed by atoms with van der Waals surface area (Å²) in [5.74, 6) is -2.76. The minimum Gasteiger partial charge on any atom is -0.475 e. The van der Waals surface area contributed by atoms with Gasteiger partial charge >= 0.3 is 12.1 Å². The predicted octanol–water partition coefficient (Wildman–Crippen LogP) is 1.42. The summed E-state index contributed by atoms with van der Waals surface area (Å²) >= 11 is 0. The molecule has 1 heterocycles. The maximum absolute atomic E-state index is 10.6. The Labute approximate surface area is 77.4 Å². The van der Waals surface area contributed by atoms with Gasteiger partial charge in [0.05, 0.1) is 5.69 Å². The summed E-state index contributed by atoms with van der Waals surface area (Å²) in [6.45, 7) is 1.91. The van der Waals surface area contributed by atoms with Gasteiger partial charge in [-0.15, -0.1) is 0 Å². The maximum atomic E-state index is 10.6. The average Bonchev–Trinajstić information content (AvgIpc) is 2.04. The van der Waals surface area contributed by atoms with Gasteiger partial charge in [-0.05, 0) is 6.92 Å². The second-order valence-electron chi connectivity index (χ2n) is 2.15. The zero-order valence-corrected chi connectivity index (χ0v) is 7.12. The number of aryl methyl sites for hydroxylation is 1. The number of alkyl halides is 3. The Morgan fingerprint density at radius 3 is 2.07 bits per heavy atom. The number of nitrogens with zero attached hydrogens (tertiary/aromatic N) is 2. The standard InChI is InChI=1S/C5H6N2.C2HF3O2/c1-5-4-6-2-3-7-5;3-2(4,5)1(6)7/h2-4H,1H3;(H,6,7). The molecule has 0 spiro atoms. The highest BCUT2D eigenvalue weighted by Crippen LogP contribution is 2.13. The predicted molar refractivity (Wildman–Crippen MR) is 40.5 cm³/mol. The van der Waals surface area contributed by atoms with Gasteiger partial charge in [-0.1, -0.05) is 0 Å². The molecular formula is C7H7F3N2O2. The van der Waals surface area contributed by atoms with Gasteiger partial charge in [0.2, 0.25) is 0 Å². The number of halogens is 3. The van der Waals surface area contributed by atoms with E-state index in [2.05, 4.69) is 9.97 Å². The number of carbonyl (C=O) groups is 1. The van der Waals surface area contributed by atoms with Crippen LogP contribution in [0.5, 0.6) is 0 Å². The quantitative estimate of drug-likeness (QED) is 0.700. The number of aliphatic carboxylic acids is 1. The number of hydrogen-bond donors (Lipinski definition) is 1. The molecule has 0 saturated heterocycles. The molecule has 0 aliphatic carbocycles. The Bertz CT molecular complexity index is 287. The maximum Gasteiger partial charge on any atom is 0.490 e. The highest BCUT2D eigenvalue weighted by atomic mass is 19.4. The molecule has 0 atom stereocenters. The van der Waals surface area contributed by atoms with Crippen LogP contribution in [0.2, 0.25) is 0 Å². The van der Waals surface area contributed by atoms with E-state index in [0.717, 1.165) is 5.69 Å². The third-order valence-corrected chi connectivity index (χ3v) is 0.935. The lowest BCUT2D eigenvalue weighted by atomic mass is 10.5. The van der Waals surface area contributed by atoms with Crippen molar-refractivity contribution in [3.8, 4) is 0 Å². The van der Waals surface area contributed by atoms with Crippen molar-refractivity contribution in [3.63, 3.8) is 0 Å². The molecule has 4 nitrogen and oxygen atoms in total. The second kappa shape index (κ2) is 5.15. The monoisotopic (exact) mass is 208 g/mol. The van der Waals surface area contributed by atoms with Crippen LogP contribution in [0.15, 0.2) is 18.6 Å². The van der Waals surface area contributed by atoms with Crippen LogP contribution >= 0.6 is 0 Å². The molecule has 0 bridgehead atoms. The van der Waals surface area contributed by atoms with Crippen molar-refractivity contribution < 1.29 is 23.1 Å². The number of rotatable bonds is 0. The summed E-state index contributed by atoms with van der Waals surface area (Å²) in [7, 11) is 0. The summed E-state index contributed by atoms with van der Waals surface area (Å²) < 4.78 is 31.7. The molecule has 78 valence electrons. The first-order valence-electron chi connectivity index (χ1n) is 3.36. The molecule has 14 heavy (non-hydrogen) atoms. The number of hydrogen-bond acceptors (Lipinski definition) is 3. The summed E-state index contributed by atoms with van der Waals surface area (Å²) in [5, 5.41) is 7.12. The Hall–Kier alpha value is -1.66. The van der Waals surface area contributed by atoms with Crippen molar-refractivity contribution in [2.75, 3.05) is 0 Å². The van der Waals surface area contributed by atoms with E-state index in [0.29, 0.717) is 0 Å². The Morgan fingerprint density at radius 1 is 1.43 bits per heavy atom. The topological polar surface area (TPSA) is 63.1 Å². The van der Waals surface area contributed by atoms with Gasteiger partial charge < -0.3 is 5.11 Å². The first kappa shape index (κ1) is 12.3. The van der Waals surface area contributed by atoms with E-state index >= 15 is 0 Å². The van der Waals surface area contributed by atoms with Gasteiger partial charge in [0.15, 0.2) is 0 Å². The molecular weight excluding hydrogens is 201 g/mol. The Morgan fingerprint density at radius 2 is 1.93 bits per heavy atom. The van der Waals surface area contributed by atoms with E-state index in [1.165, 1.54) is 0 Å². The van der Waals surface area contributed by atoms with Crippen molar-refractivity contribution >= 4 is 5.97 Å². The van der Waals surface area contributed by atoms with E-state index in [1.807, 2.05) is 6.92 Å². The normalized spacial score (nSPS) is 10.0. The van der Waals surface area contributed by atoms with Gasteiger partial charge in [0.1, 0.15) is 0 Å². The zero-order chi connectivity index (χ0) is 11.2. The van der Waals surface area contributed by atoms with Crippen LogP contribution in [-0.4, -0.2) is 27.2 Å². The molecule has 0 saturated carbocycles. The molecule has 7 heteroatoms. The fraction of sp³-hybridized carbons (Fsp3) is 0.286. The minimum absolute atomic E-state index is 0.961. The number of aromatic nitrogens is 2. The number of carboxylic acid groups (broad SMARTS) is 1. The van der Waals surface area contributed by atoms with Gasteiger partial charge in [0.25, 0.3) is 0 Å². The molecule has 1 aromatic rings. The van der Waals surface area contributed by atoms with Crippen molar-refractivity contribution in [2.24, 2.45) is 0 Å². The van der Waals surface area contributed by atoms with E-state index in [-0.39, 0.29) is 0 Å².